The molecule has 2 N–H and O–H groups in total. The highest BCUT2D eigenvalue weighted by molar-refractivity contribution is 14.0. The summed E-state index contributed by atoms with van der Waals surface area (Å²) in [6.45, 7) is 7.51. The third-order valence-electron chi connectivity index (χ3n) is 5.91. The number of sulfonamides is 1. The molecule has 10 heteroatoms. The van der Waals surface area contributed by atoms with Crippen LogP contribution in [-0.2, 0) is 27.9 Å². The van der Waals surface area contributed by atoms with Gasteiger partial charge in [0.1, 0.15) is 0 Å². The summed E-state index contributed by atoms with van der Waals surface area (Å²) in [7, 11) is -3.11. The maximum Gasteiger partial charge on any atom is 0.223 e. The smallest absolute Gasteiger partial charge is 0.223 e. The van der Waals surface area contributed by atoms with Gasteiger partial charge in [-0.15, -0.1) is 24.0 Å². The fourth-order valence-electron chi connectivity index (χ4n) is 4.06. The first-order valence-corrected chi connectivity index (χ1v) is 12.9. The van der Waals surface area contributed by atoms with Gasteiger partial charge in [0.25, 0.3) is 0 Å². The number of nitrogens with zero attached hydrogens (tertiary/aromatic N) is 3. The number of hydrogen-bond donors (Lipinski definition) is 2. The molecule has 0 aromatic heterocycles. The largest absolute Gasteiger partial charge is 0.357 e. The molecule has 2 aliphatic heterocycles. The van der Waals surface area contributed by atoms with E-state index in [4.69, 9.17) is 0 Å². The Balaban J connectivity index is 0.00000363. The van der Waals surface area contributed by atoms with E-state index in [-0.39, 0.29) is 41.7 Å². The third-order valence-corrected chi connectivity index (χ3v) is 7.79. The molecule has 3 rings (SSSR count). The second-order valence-corrected chi connectivity index (χ2v) is 10.4. The molecule has 0 spiro atoms. The number of nitrogens with one attached hydrogen (secondary N) is 2. The van der Waals surface area contributed by atoms with Crippen LogP contribution in [0.1, 0.15) is 50.7 Å². The first-order valence-electron chi connectivity index (χ1n) is 11.3. The van der Waals surface area contributed by atoms with Gasteiger partial charge >= 0.3 is 0 Å². The van der Waals surface area contributed by atoms with Crippen LogP contribution < -0.4 is 10.6 Å². The van der Waals surface area contributed by atoms with Crippen LogP contribution in [0.3, 0.4) is 0 Å². The summed E-state index contributed by atoms with van der Waals surface area (Å²) in [4.78, 5) is 19.1. The van der Waals surface area contributed by atoms with Gasteiger partial charge in [0, 0.05) is 51.7 Å². The summed E-state index contributed by atoms with van der Waals surface area (Å²) in [5, 5.41) is 6.67. The van der Waals surface area contributed by atoms with Crippen LogP contribution in [0.5, 0.6) is 0 Å². The first kappa shape index (κ1) is 26.8. The number of rotatable bonds is 8. The minimum atomic E-state index is -3.11. The number of halogens is 1. The van der Waals surface area contributed by atoms with Gasteiger partial charge < -0.3 is 15.5 Å². The van der Waals surface area contributed by atoms with Crippen molar-refractivity contribution in [2.75, 3.05) is 31.9 Å². The molecule has 1 saturated heterocycles. The van der Waals surface area contributed by atoms with E-state index in [1.165, 1.54) is 11.1 Å². The zero-order valence-corrected chi connectivity index (χ0v) is 22.2. The highest BCUT2D eigenvalue weighted by atomic mass is 127. The summed E-state index contributed by atoms with van der Waals surface area (Å²) >= 11 is 0. The predicted molar refractivity (Wildman–Crippen MR) is 139 cm³/mol. The zero-order chi connectivity index (χ0) is 22.3. The SMILES string of the molecule is CCNC(=NCCCC(=O)N1Cc2ccccc2C1)NC1CCN(S(=O)(=O)CC)CC1.I. The monoisotopic (exact) mass is 577 g/mol. The van der Waals surface area contributed by atoms with Crippen LogP contribution in [0.15, 0.2) is 29.3 Å². The number of carbonyl (C=O) groups is 1. The molecule has 0 unspecified atom stereocenters. The van der Waals surface area contributed by atoms with Crippen LogP contribution in [0.4, 0.5) is 0 Å². The Morgan fingerprint density at radius 2 is 1.75 bits per heavy atom. The van der Waals surface area contributed by atoms with Crippen molar-refractivity contribution in [1.29, 1.82) is 0 Å². The van der Waals surface area contributed by atoms with Crippen LogP contribution in [0, 0.1) is 0 Å². The molecule has 8 nitrogen and oxygen atoms in total. The molecule has 2 aliphatic rings. The lowest BCUT2D eigenvalue weighted by atomic mass is 10.1. The summed E-state index contributed by atoms with van der Waals surface area (Å²) in [5.74, 6) is 1.06. The molecule has 0 atom stereocenters. The molecule has 1 aromatic rings. The number of fused-ring (bicyclic) bond motifs is 1. The van der Waals surface area contributed by atoms with Crippen molar-refractivity contribution in [2.24, 2.45) is 4.99 Å². The van der Waals surface area contributed by atoms with E-state index in [2.05, 4.69) is 27.8 Å². The van der Waals surface area contributed by atoms with Crippen LogP contribution >= 0.6 is 24.0 Å². The normalized spacial score (nSPS) is 17.6. The number of aliphatic imine (C=N–C) groups is 1. The molecule has 2 heterocycles. The fraction of sp³-hybridized carbons (Fsp3) is 0.636. The maximum absolute atomic E-state index is 12.5. The van der Waals surface area contributed by atoms with Crippen LogP contribution in [0.25, 0.3) is 0 Å². The molecule has 1 fully saturated rings. The zero-order valence-electron chi connectivity index (χ0n) is 19.0. The molecule has 1 amide bonds. The molecule has 180 valence electrons. The Morgan fingerprint density at radius 3 is 2.31 bits per heavy atom. The molecule has 0 radical (unpaired) electrons. The minimum absolute atomic E-state index is 0. The molecule has 0 aliphatic carbocycles. The Kier molecular flexibility index (Phi) is 10.7. The van der Waals surface area contributed by atoms with Gasteiger partial charge in [0.2, 0.25) is 15.9 Å². The topological polar surface area (TPSA) is 94.1 Å². The van der Waals surface area contributed by atoms with E-state index < -0.39 is 10.0 Å². The van der Waals surface area contributed by atoms with Crippen molar-refractivity contribution >= 4 is 45.9 Å². The Bertz CT molecular complexity index is 860. The van der Waals surface area contributed by atoms with Crippen molar-refractivity contribution in [3.63, 3.8) is 0 Å². The Labute approximate surface area is 209 Å². The van der Waals surface area contributed by atoms with Gasteiger partial charge in [-0.1, -0.05) is 24.3 Å². The minimum Gasteiger partial charge on any atom is -0.357 e. The number of hydrogen-bond acceptors (Lipinski definition) is 4. The number of amides is 1. The van der Waals surface area contributed by atoms with E-state index in [0.29, 0.717) is 45.6 Å². The van der Waals surface area contributed by atoms with E-state index in [0.717, 1.165) is 25.3 Å². The number of benzene rings is 1. The van der Waals surface area contributed by atoms with Crippen LogP contribution in [0.2, 0.25) is 0 Å². The summed E-state index contributed by atoms with van der Waals surface area (Å²) in [6.07, 6.45) is 2.72. The predicted octanol–water partition coefficient (Wildman–Crippen LogP) is 2.30. The molecule has 1 aromatic carbocycles. The van der Waals surface area contributed by atoms with E-state index in [9.17, 15) is 13.2 Å². The molecular weight excluding hydrogens is 541 g/mol. The van der Waals surface area contributed by atoms with Crippen molar-refractivity contribution in [2.45, 2.75) is 58.7 Å². The van der Waals surface area contributed by atoms with Crippen molar-refractivity contribution < 1.29 is 13.2 Å². The van der Waals surface area contributed by atoms with E-state index >= 15 is 0 Å². The first-order chi connectivity index (χ1) is 14.9. The summed E-state index contributed by atoms with van der Waals surface area (Å²) in [6, 6.07) is 8.41. The lowest BCUT2D eigenvalue weighted by molar-refractivity contribution is -0.131. The summed E-state index contributed by atoms with van der Waals surface area (Å²) in [5.41, 5.74) is 2.48. The standard InChI is InChI=1S/C22H35N5O3S.HI/c1-3-23-22(25-20-11-14-27(15-12-20)31(29,30)4-2)24-13-7-10-21(28)26-16-18-8-5-6-9-19(18)17-26;/h5-6,8-9,20H,3-4,7,10-17H2,1-2H3,(H2,23,24,25);1H. The molecule has 32 heavy (non-hydrogen) atoms. The Hall–Kier alpha value is -1.40. The average Bonchev–Trinajstić information content (AvgIpc) is 3.21. The second kappa shape index (κ2) is 12.7. The number of carbonyl (C=O) groups excluding carboxylic acids is 1. The Morgan fingerprint density at radius 1 is 1.12 bits per heavy atom. The number of piperidine rings is 1. The van der Waals surface area contributed by atoms with Gasteiger partial charge in [-0.05, 0) is 44.2 Å². The van der Waals surface area contributed by atoms with Gasteiger partial charge in [-0.2, -0.15) is 0 Å². The third kappa shape index (κ3) is 7.31. The quantitative estimate of drug-likeness (QED) is 0.214. The molecular formula is C22H36IN5O3S. The lowest BCUT2D eigenvalue weighted by Gasteiger charge is -2.32. The number of guanidine groups is 1. The van der Waals surface area contributed by atoms with E-state index in [1.54, 1.807) is 11.2 Å². The van der Waals surface area contributed by atoms with E-state index in [1.807, 2.05) is 24.0 Å². The van der Waals surface area contributed by atoms with Crippen LogP contribution in [-0.4, -0.2) is 67.5 Å². The van der Waals surface area contributed by atoms with Crippen molar-refractivity contribution in [1.82, 2.24) is 19.8 Å². The fourth-order valence-corrected chi connectivity index (χ4v) is 5.20. The average molecular weight is 578 g/mol. The van der Waals surface area contributed by atoms with Gasteiger partial charge in [0.05, 0.1) is 5.75 Å². The maximum atomic E-state index is 12.5. The highest BCUT2D eigenvalue weighted by Gasteiger charge is 2.27. The molecule has 0 bridgehead atoms. The van der Waals surface area contributed by atoms with Gasteiger partial charge in [-0.25, -0.2) is 12.7 Å². The van der Waals surface area contributed by atoms with Gasteiger partial charge in [-0.3, -0.25) is 9.79 Å². The second-order valence-electron chi connectivity index (χ2n) is 8.10. The lowest BCUT2D eigenvalue weighted by Crippen LogP contribution is -2.50. The van der Waals surface area contributed by atoms with Crippen molar-refractivity contribution in [3.05, 3.63) is 35.4 Å². The highest BCUT2D eigenvalue weighted by Crippen LogP contribution is 2.23. The summed E-state index contributed by atoms with van der Waals surface area (Å²) < 4.78 is 25.6. The van der Waals surface area contributed by atoms with Gasteiger partial charge in [0.15, 0.2) is 5.96 Å². The van der Waals surface area contributed by atoms with Crippen molar-refractivity contribution in [3.8, 4) is 0 Å². The molecule has 0 saturated carbocycles.